The highest BCUT2D eigenvalue weighted by atomic mass is 16.5. The first-order valence-corrected chi connectivity index (χ1v) is 6.88. The van der Waals surface area contributed by atoms with Gasteiger partial charge >= 0.3 is 0 Å². The van der Waals surface area contributed by atoms with E-state index in [9.17, 15) is 4.79 Å². The van der Waals surface area contributed by atoms with Crippen molar-refractivity contribution in [2.24, 2.45) is 12.8 Å². The lowest BCUT2D eigenvalue weighted by Crippen LogP contribution is -2.14. The van der Waals surface area contributed by atoms with Gasteiger partial charge in [-0.2, -0.15) is 5.10 Å². The Morgan fingerprint density at radius 2 is 1.91 bits per heavy atom. The molecule has 0 saturated carbocycles. The molecule has 3 rings (SSSR count). The zero-order chi connectivity index (χ0) is 16.4. The zero-order valence-electron chi connectivity index (χ0n) is 12.4. The largest absolute Gasteiger partial charge is 0.439 e. The molecule has 0 aliphatic rings. The number of hydrogen-bond donors (Lipinski definition) is 2. The van der Waals surface area contributed by atoms with Crippen LogP contribution in [0.1, 0.15) is 10.4 Å². The van der Waals surface area contributed by atoms with Gasteiger partial charge < -0.3 is 16.2 Å². The summed E-state index contributed by atoms with van der Waals surface area (Å²) in [5, 5.41) is 4.25. The number of rotatable bonds is 4. The number of pyridine rings is 1. The fraction of sp³-hybridized carbons (Fsp3) is 0.0625. The minimum Gasteiger partial charge on any atom is -0.439 e. The number of aromatic nitrogens is 3. The number of carbonyl (C=O) groups is 1. The van der Waals surface area contributed by atoms with Crippen molar-refractivity contribution >= 4 is 11.7 Å². The number of amides is 1. The van der Waals surface area contributed by atoms with Gasteiger partial charge in [0.05, 0.1) is 0 Å². The van der Waals surface area contributed by atoms with Gasteiger partial charge in [0.1, 0.15) is 22.8 Å². The highest BCUT2D eigenvalue weighted by Crippen LogP contribution is 2.28. The van der Waals surface area contributed by atoms with E-state index < -0.39 is 5.91 Å². The molecule has 1 amide bonds. The summed E-state index contributed by atoms with van der Waals surface area (Å²) in [7, 11) is 1.66. The number of anilines is 1. The van der Waals surface area contributed by atoms with Crippen LogP contribution in [0.5, 0.6) is 11.6 Å². The Balaban J connectivity index is 1.91. The number of nitrogens with two attached hydrogens (primary N) is 2. The number of benzene rings is 1. The van der Waals surface area contributed by atoms with E-state index >= 15 is 0 Å². The number of ether oxygens (including phenoxy) is 1. The third kappa shape index (κ3) is 2.84. The van der Waals surface area contributed by atoms with E-state index in [2.05, 4.69) is 10.1 Å². The van der Waals surface area contributed by atoms with Gasteiger partial charge in [0.25, 0.3) is 5.91 Å². The molecule has 3 aromatic rings. The molecule has 0 saturated heterocycles. The van der Waals surface area contributed by atoms with E-state index in [-0.39, 0.29) is 11.4 Å². The molecule has 2 heterocycles. The number of primary amides is 1. The van der Waals surface area contributed by atoms with Gasteiger partial charge in [-0.1, -0.05) is 6.07 Å². The third-order valence-corrected chi connectivity index (χ3v) is 3.33. The van der Waals surface area contributed by atoms with Crippen molar-refractivity contribution in [3.63, 3.8) is 0 Å². The molecule has 0 radical (unpaired) electrons. The van der Waals surface area contributed by atoms with Crippen molar-refractivity contribution in [3.8, 4) is 22.9 Å². The predicted octanol–water partition coefficient (Wildman–Crippen LogP) is 1.96. The van der Waals surface area contributed by atoms with Crippen molar-refractivity contribution in [3.05, 3.63) is 54.2 Å². The maximum Gasteiger partial charge on any atom is 0.254 e. The Hall–Kier alpha value is -3.35. The van der Waals surface area contributed by atoms with Crippen LogP contribution >= 0.6 is 0 Å². The summed E-state index contributed by atoms with van der Waals surface area (Å²) in [6, 6.07) is 12.5. The van der Waals surface area contributed by atoms with E-state index in [0.717, 1.165) is 5.56 Å². The van der Waals surface area contributed by atoms with Crippen LogP contribution in [0.3, 0.4) is 0 Å². The number of aryl methyl sites for hydroxylation is 1. The molecule has 4 N–H and O–H groups in total. The number of hydrogen-bond acceptors (Lipinski definition) is 5. The standard InChI is InChI=1S/C16H15N5O2/c1-21-15(17)13(16(18)22)14(20-21)10-5-7-11(8-6-10)23-12-4-2-3-9-19-12/h2-9H,17H2,1H3,(H2,18,22). The van der Waals surface area contributed by atoms with Crippen LogP contribution in [0.25, 0.3) is 11.3 Å². The summed E-state index contributed by atoms with van der Waals surface area (Å²) in [5.41, 5.74) is 12.6. The monoisotopic (exact) mass is 309 g/mol. The number of carbonyl (C=O) groups excluding carboxylic acids is 1. The molecule has 0 aliphatic heterocycles. The topological polar surface area (TPSA) is 109 Å². The van der Waals surface area contributed by atoms with E-state index in [4.69, 9.17) is 16.2 Å². The lowest BCUT2D eigenvalue weighted by Gasteiger charge is -2.05. The van der Waals surface area contributed by atoms with E-state index in [0.29, 0.717) is 17.3 Å². The van der Waals surface area contributed by atoms with E-state index in [1.165, 1.54) is 4.68 Å². The van der Waals surface area contributed by atoms with Crippen molar-refractivity contribution in [2.75, 3.05) is 5.73 Å². The number of nitrogens with zero attached hydrogens (tertiary/aromatic N) is 3. The van der Waals surface area contributed by atoms with Gasteiger partial charge in [-0.15, -0.1) is 0 Å². The second-order valence-electron chi connectivity index (χ2n) is 4.89. The molecule has 0 bridgehead atoms. The average Bonchev–Trinajstić information content (AvgIpc) is 2.85. The maximum atomic E-state index is 11.6. The van der Waals surface area contributed by atoms with Crippen molar-refractivity contribution in [1.29, 1.82) is 0 Å². The molecule has 7 nitrogen and oxygen atoms in total. The fourth-order valence-electron chi connectivity index (χ4n) is 2.19. The van der Waals surface area contributed by atoms with Gasteiger partial charge in [-0.25, -0.2) is 4.98 Å². The highest BCUT2D eigenvalue weighted by molar-refractivity contribution is 6.03. The molecule has 7 heteroatoms. The maximum absolute atomic E-state index is 11.6. The van der Waals surface area contributed by atoms with Crippen LogP contribution in [0.15, 0.2) is 48.7 Å². The minimum absolute atomic E-state index is 0.214. The normalized spacial score (nSPS) is 10.5. The molecule has 23 heavy (non-hydrogen) atoms. The lowest BCUT2D eigenvalue weighted by atomic mass is 10.1. The first-order chi connectivity index (χ1) is 11.1. The van der Waals surface area contributed by atoms with Crippen LogP contribution in [-0.4, -0.2) is 20.7 Å². The SMILES string of the molecule is Cn1nc(-c2ccc(Oc3ccccn3)cc2)c(C(N)=O)c1N. The average molecular weight is 309 g/mol. The van der Waals surface area contributed by atoms with E-state index in [1.807, 2.05) is 12.1 Å². The molecular weight excluding hydrogens is 294 g/mol. The first kappa shape index (κ1) is 14.6. The zero-order valence-corrected chi connectivity index (χ0v) is 12.4. The second-order valence-corrected chi connectivity index (χ2v) is 4.89. The summed E-state index contributed by atoms with van der Waals surface area (Å²) in [5.74, 6) is 0.748. The van der Waals surface area contributed by atoms with Crippen molar-refractivity contribution in [1.82, 2.24) is 14.8 Å². The first-order valence-electron chi connectivity index (χ1n) is 6.88. The Bertz CT molecular complexity index is 841. The third-order valence-electron chi connectivity index (χ3n) is 3.33. The molecule has 0 aliphatic carbocycles. The molecule has 0 unspecified atom stereocenters. The Morgan fingerprint density at radius 3 is 2.52 bits per heavy atom. The predicted molar refractivity (Wildman–Crippen MR) is 85.9 cm³/mol. The molecular formula is C16H15N5O2. The Kier molecular flexibility index (Phi) is 3.68. The van der Waals surface area contributed by atoms with Crippen molar-refractivity contribution < 1.29 is 9.53 Å². The van der Waals surface area contributed by atoms with Crippen molar-refractivity contribution in [2.45, 2.75) is 0 Å². The smallest absolute Gasteiger partial charge is 0.254 e. The molecule has 0 fully saturated rings. The Labute approximate surface area is 132 Å². The molecule has 1 aromatic carbocycles. The summed E-state index contributed by atoms with van der Waals surface area (Å²) < 4.78 is 7.05. The lowest BCUT2D eigenvalue weighted by molar-refractivity contribution is 0.100. The van der Waals surface area contributed by atoms with E-state index in [1.54, 1.807) is 43.6 Å². The number of nitrogen functional groups attached to an aromatic ring is 1. The van der Waals surface area contributed by atoms with Crippen LogP contribution in [0.2, 0.25) is 0 Å². The summed E-state index contributed by atoms with van der Waals surface area (Å²) >= 11 is 0. The quantitative estimate of drug-likeness (QED) is 0.765. The van der Waals surface area contributed by atoms with Crippen LogP contribution < -0.4 is 16.2 Å². The molecule has 116 valence electrons. The van der Waals surface area contributed by atoms with Crippen LogP contribution in [-0.2, 0) is 7.05 Å². The molecule has 0 spiro atoms. The van der Waals surface area contributed by atoms with Gasteiger partial charge in [-0.3, -0.25) is 9.48 Å². The molecule has 0 atom stereocenters. The summed E-state index contributed by atoms with van der Waals surface area (Å²) in [4.78, 5) is 15.7. The Morgan fingerprint density at radius 1 is 1.17 bits per heavy atom. The van der Waals surface area contributed by atoms with Gasteiger partial charge in [0.2, 0.25) is 5.88 Å². The highest BCUT2D eigenvalue weighted by Gasteiger charge is 2.19. The minimum atomic E-state index is -0.612. The van der Waals surface area contributed by atoms with Crippen LogP contribution in [0.4, 0.5) is 5.82 Å². The van der Waals surface area contributed by atoms with Gasteiger partial charge in [0.15, 0.2) is 0 Å². The van der Waals surface area contributed by atoms with Crippen LogP contribution in [0, 0.1) is 0 Å². The fourth-order valence-corrected chi connectivity index (χ4v) is 2.19. The van der Waals surface area contributed by atoms with Gasteiger partial charge in [0, 0.05) is 24.9 Å². The summed E-state index contributed by atoms with van der Waals surface area (Å²) in [6.45, 7) is 0. The second kappa shape index (κ2) is 5.80. The summed E-state index contributed by atoms with van der Waals surface area (Å²) in [6.07, 6.45) is 1.65. The molecule has 2 aromatic heterocycles. The van der Waals surface area contributed by atoms with Gasteiger partial charge in [-0.05, 0) is 30.3 Å².